The van der Waals surface area contributed by atoms with E-state index in [1.165, 1.54) is 5.56 Å². The van der Waals surface area contributed by atoms with Gasteiger partial charge in [-0.3, -0.25) is 4.99 Å². The fraction of sp³-hybridized carbons (Fsp3) is 0.429. The summed E-state index contributed by atoms with van der Waals surface area (Å²) in [5.41, 5.74) is 1.23. The summed E-state index contributed by atoms with van der Waals surface area (Å²) in [6.07, 6.45) is 6.11. The van der Waals surface area contributed by atoms with Crippen LogP contribution in [0.5, 0.6) is 0 Å². The third-order valence-electron chi connectivity index (χ3n) is 4.99. The largest absolute Gasteiger partial charge is 0.356 e. The van der Waals surface area contributed by atoms with E-state index in [9.17, 15) is 0 Å². The molecule has 3 rings (SSSR count). The van der Waals surface area contributed by atoms with Crippen molar-refractivity contribution in [2.45, 2.75) is 24.1 Å². The van der Waals surface area contributed by atoms with Crippen molar-refractivity contribution in [3.05, 3.63) is 59.2 Å². The van der Waals surface area contributed by atoms with Gasteiger partial charge in [-0.1, -0.05) is 29.8 Å². The molecule has 1 unspecified atom stereocenters. The van der Waals surface area contributed by atoms with E-state index in [1.807, 2.05) is 55.3 Å². The van der Waals surface area contributed by atoms with Crippen LogP contribution in [0.15, 0.2) is 53.7 Å². The van der Waals surface area contributed by atoms with Crippen LogP contribution in [0.3, 0.4) is 0 Å². The summed E-state index contributed by atoms with van der Waals surface area (Å²) >= 11 is 7.96. The number of hydrogen-bond acceptors (Lipinski definition) is 4. The molecule has 150 valence electrons. The van der Waals surface area contributed by atoms with E-state index in [0.717, 1.165) is 49.3 Å². The topological polar surface area (TPSA) is 52.6 Å². The maximum absolute atomic E-state index is 6.15. The van der Waals surface area contributed by atoms with E-state index in [-0.39, 0.29) is 0 Å². The number of piperidine rings is 1. The van der Waals surface area contributed by atoms with Crippen LogP contribution in [0.1, 0.15) is 23.7 Å². The van der Waals surface area contributed by atoms with Crippen molar-refractivity contribution in [3.63, 3.8) is 0 Å². The molecule has 0 bridgehead atoms. The van der Waals surface area contributed by atoms with Gasteiger partial charge >= 0.3 is 0 Å². The Bertz CT molecular complexity index is 762. The van der Waals surface area contributed by atoms with Crippen LogP contribution in [0.2, 0.25) is 5.02 Å². The molecular weight excluding hydrogens is 390 g/mol. The smallest absolute Gasteiger partial charge is 0.191 e. The second kappa shape index (κ2) is 10.6. The van der Waals surface area contributed by atoms with Crippen LogP contribution >= 0.6 is 23.4 Å². The van der Waals surface area contributed by atoms with Gasteiger partial charge in [0.25, 0.3) is 0 Å². The summed E-state index contributed by atoms with van der Waals surface area (Å²) in [5, 5.41) is 8.15. The quantitative estimate of drug-likeness (QED) is 0.550. The minimum absolute atomic E-state index is 0.322. The highest BCUT2D eigenvalue weighted by molar-refractivity contribution is 7.98. The second-order valence-electron chi connectivity index (χ2n) is 6.83. The van der Waals surface area contributed by atoms with Gasteiger partial charge in [0, 0.05) is 49.2 Å². The highest BCUT2D eigenvalue weighted by Crippen LogP contribution is 2.27. The average molecular weight is 418 g/mol. The minimum atomic E-state index is 0.322. The molecular formula is C21H28ClN5S. The monoisotopic (exact) mass is 417 g/mol. The third kappa shape index (κ3) is 5.79. The van der Waals surface area contributed by atoms with Gasteiger partial charge in [0.1, 0.15) is 5.82 Å². The van der Waals surface area contributed by atoms with Gasteiger partial charge in [0.2, 0.25) is 0 Å². The normalized spacial score (nSPS) is 16.7. The van der Waals surface area contributed by atoms with Gasteiger partial charge in [-0.25, -0.2) is 4.98 Å². The van der Waals surface area contributed by atoms with E-state index in [1.54, 1.807) is 0 Å². The molecule has 1 aromatic carbocycles. The third-order valence-corrected chi connectivity index (χ3v) is 6.24. The number of halogens is 1. The fourth-order valence-corrected chi connectivity index (χ4v) is 4.28. The van der Waals surface area contributed by atoms with Gasteiger partial charge in [0.05, 0.1) is 0 Å². The standard InChI is InChI=1S/C21H28ClN5S/c1-23-21(25-15-19(28-2)16-6-5-7-17(22)14-16)26-18-9-12-27(13-10-18)20-8-3-4-11-24-20/h3-8,11,14,18-19H,9-10,12-13,15H2,1-2H3,(H2,23,25,26). The molecule has 2 N–H and O–H groups in total. The number of nitrogens with zero attached hydrogens (tertiary/aromatic N) is 3. The van der Waals surface area contributed by atoms with Crippen molar-refractivity contribution in [1.82, 2.24) is 15.6 Å². The molecule has 0 radical (unpaired) electrons. The highest BCUT2D eigenvalue weighted by Gasteiger charge is 2.21. The number of anilines is 1. The first kappa shape index (κ1) is 20.8. The van der Waals surface area contributed by atoms with Crippen molar-refractivity contribution in [1.29, 1.82) is 0 Å². The highest BCUT2D eigenvalue weighted by atomic mass is 35.5. The molecule has 1 aliphatic rings. The number of guanidine groups is 1. The minimum Gasteiger partial charge on any atom is -0.356 e. The first-order chi connectivity index (χ1) is 13.7. The Hall–Kier alpha value is -1.92. The lowest BCUT2D eigenvalue weighted by Crippen LogP contribution is -2.49. The summed E-state index contributed by atoms with van der Waals surface area (Å²) in [7, 11) is 1.83. The number of aromatic nitrogens is 1. The van der Waals surface area contributed by atoms with E-state index in [4.69, 9.17) is 11.6 Å². The molecule has 1 atom stereocenters. The van der Waals surface area contributed by atoms with Gasteiger partial charge in [-0.2, -0.15) is 11.8 Å². The van der Waals surface area contributed by atoms with E-state index in [0.29, 0.717) is 11.3 Å². The van der Waals surface area contributed by atoms with Crippen molar-refractivity contribution in [2.24, 2.45) is 4.99 Å². The lowest BCUT2D eigenvalue weighted by atomic mass is 10.1. The Kier molecular flexibility index (Phi) is 7.86. The first-order valence-electron chi connectivity index (χ1n) is 9.61. The lowest BCUT2D eigenvalue weighted by Gasteiger charge is -2.34. The van der Waals surface area contributed by atoms with Gasteiger partial charge in [0.15, 0.2) is 5.96 Å². The van der Waals surface area contributed by atoms with Crippen molar-refractivity contribution < 1.29 is 0 Å². The molecule has 2 aromatic rings. The summed E-state index contributed by atoms with van der Waals surface area (Å²) in [6, 6.07) is 14.6. The molecule has 1 aromatic heterocycles. The van der Waals surface area contributed by atoms with Crippen LogP contribution in [0, 0.1) is 0 Å². The van der Waals surface area contributed by atoms with Crippen LogP contribution in [-0.2, 0) is 0 Å². The Morgan fingerprint density at radius 2 is 2.11 bits per heavy atom. The van der Waals surface area contributed by atoms with Crippen LogP contribution in [-0.4, -0.2) is 49.9 Å². The molecule has 0 saturated carbocycles. The Labute approximate surface area is 177 Å². The van der Waals surface area contributed by atoms with Crippen LogP contribution in [0.4, 0.5) is 5.82 Å². The van der Waals surface area contributed by atoms with Crippen molar-refractivity contribution in [3.8, 4) is 0 Å². The molecule has 1 fully saturated rings. The zero-order chi connectivity index (χ0) is 19.8. The number of thioether (sulfide) groups is 1. The summed E-state index contributed by atoms with van der Waals surface area (Å²) < 4.78 is 0. The van der Waals surface area contributed by atoms with E-state index >= 15 is 0 Å². The lowest BCUT2D eigenvalue weighted by molar-refractivity contribution is 0.459. The zero-order valence-electron chi connectivity index (χ0n) is 16.4. The average Bonchev–Trinajstić information content (AvgIpc) is 2.74. The Morgan fingerprint density at radius 1 is 1.29 bits per heavy atom. The van der Waals surface area contributed by atoms with E-state index < -0.39 is 0 Å². The Balaban J connectivity index is 1.48. The fourth-order valence-electron chi connectivity index (χ4n) is 3.42. The molecule has 1 saturated heterocycles. The SMILES string of the molecule is CN=C(NCC(SC)c1cccc(Cl)c1)NC1CCN(c2ccccn2)CC1. The number of hydrogen-bond donors (Lipinski definition) is 2. The van der Waals surface area contributed by atoms with Crippen molar-refractivity contribution in [2.75, 3.05) is 37.8 Å². The van der Waals surface area contributed by atoms with Crippen LogP contribution in [0.25, 0.3) is 0 Å². The molecule has 5 nitrogen and oxygen atoms in total. The first-order valence-corrected chi connectivity index (χ1v) is 11.3. The van der Waals surface area contributed by atoms with Gasteiger partial charge in [-0.05, 0) is 48.9 Å². The Morgan fingerprint density at radius 3 is 2.75 bits per heavy atom. The molecule has 28 heavy (non-hydrogen) atoms. The molecule has 0 aliphatic carbocycles. The van der Waals surface area contributed by atoms with Gasteiger partial charge in [-0.15, -0.1) is 0 Å². The molecule has 0 spiro atoms. The number of nitrogens with one attached hydrogen (secondary N) is 2. The maximum Gasteiger partial charge on any atom is 0.191 e. The summed E-state index contributed by atoms with van der Waals surface area (Å²) in [5.74, 6) is 1.92. The number of pyridine rings is 1. The van der Waals surface area contributed by atoms with Gasteiger partial charge < -0.3 is 15.5 Å². The molecule has 2 heterocycles. The second-order valence-corrected chi connectivity index (χ2v) is 8.30. The molecule has 7 heteroatoms. The molecule has 0 amide bonds. The predicted octanol–water partition coefficient (Wildman–Crippen LogP) is 3.97. The number of rotatable bonds is 6. The number of benzene rings is 1. The summed E-state index contributed by atoms with van der Waals surface area (Å²) in [6.45, 7) is 2.80. The predicted molar refractivity (Wildman–Crippen MR) is 122 cm³/mol. The zero-order valence-corrected chi connectivity index (χ0v) is 18.0. The maximum atomic E-state index is 6.15. The summed E-state index contributed by atoms with van der Waals surface area (Å²) in [4.78, 5) is 11.2. The van der Waals surface area contributed by atoms with Crippen LogP contribution < -0.4 is 15.5 Å². The van der Waals surface area contributed by atoms with Crippen molar-refractivity contribution >= 4 is 35.1 Å². The number of aliphatic imine (C=N–C) groups is 1. The van der Waals surface area contributed by atoms with E-state index in [2.05, 4.69) is 43.9 Å². The molecule has 1 aliphatic heterocycles.